The molecule has 0 radical (unpaired) electrons. The predicted molar refractivity (Wildman–Crippen MR) is 72.6 cm³/mol. The van der Waals surface area contributed by atoms with Gasteiger partial charge in [-0.25, -0.2) is 0 Å². The Morgan fingerprint density at radius 3 is 2.94 bits per heavy atom. The lowest BCUT2D eigenvalue weighted by Crippen LogP contribution is -2.43. The van der Waals surface area contributed by atoms with Gasteiger partial charge in [-0.2, -0.15) is 0 Å². The summed E-state index contributed by atoms with van der Waals surface area (Å²) < 4.78 is 10.9. The van der Waals surface area contributed by atoms with Gasteiger partial charge in [0, 0.05) is 18.6 Å². The molecule has 1 aromatic heterocycles. The van der Waals surface area contributed by atoms with Crippen molar-refractivity contribution in [3.63, 3.8) is 0 Å². The lowest BCUT2D eigenvalue weighted by atomic mass is 9.77. The molecule has 1 N–H and O–H groups in total. The van der Waals surface area contributed by atoms with Crippen molar-refractivity contribution in [1.82, 2.24) is 5.32 Å². The zero-order valence-corrected chi connectivity index (χ0v) is 11.6. The third-order valence-corrected chi connectivity index (χ3v) is 3.62. The summed E-state index contributed by atoms with van der Waals surface area (Å²) in [4.78, 5) is 0. The number of furan rings is 1. The predicted octanol–water partition coefficient (Wildman–Crippen LogP) is 2.86. The van der Waals surface area contributed by atoms with E-state index in [-0.39, 0.29) is 5.41 Å². The maximum Gasteiger partial charge on any atom is 0.0934 e. The highest BCUT2D eigenvalue weighted by Gasteiger charge is 2.33. The lowest BCUT2D eigenvalue weighted by Gasteiger charge is -2.37. The number of rotatable bonds is 6. The van der Waals surface area contributed by atoms with E-state index in [1.807, 2.05) is 6.26 Å². The second-order valence-electron chi connectivity index (χ2n) is 5.99. The van der Waals surface area contributed by atoms with Crippen molar-refractivity contribution in [3.05, 3.63) is 24.2 Å². The molecule has 2 rings (SSSR count). The summed E-state index contributed by atoms with van der Waals surface area (Å²) in [5, 5.41) is 3.60. The second-order valence-corrected chi connectivity index (χ2v) is 5.99. The summed E-state index contributed by atoms with van der Waals surface area (Å²) >= 11 is 0. The fourth-order valence-electron chi connectivity index (χ4n) is 2.70. The molecule has 0 spiro atoms. The van der Waals surface area contributed by atoms with Gasteiger partial charge in [-0.15, -0.1) is 0 Å². The molecule has 1 unspecified atom stereocenters. The van der Waals surface area contributed by atoms with E-state index in [1.54, 1.807) is 6.26 Å². The van der Waals surface area contributed by atoms with Gasteiger partial charge in [-0.3, -0.25) is 0 Å². The van der Waals surface area contributed by atoms with Gasteiger partial charge in [0.05, 0.1) is 19.1 Å². The third-order valence-electron chi connectivity index (χ3n) is 3.62. The minimum atomic E-state index is 0.247. The van der Waals surface area contributed by atoms with E-state index < -0.39 is 0 Å². The van der Waals surface area contributed by atoms with Crippen LogP contribution in [0.2, 0.25) is 0 Å². The molecule has 1 fully saturated rings. The minimum Gasteiger partial charge on any atom is -0.472 e. The molecule has 1 saturated heterocycles. The number of hydrogen-bond donors (Lipinski definition) is 1. The summed E-state index contributed by atoms with van der Waals surface area (Å²) in [6, 6.07) is 2.07. The number of ether oxygens (including phenoxy) is 1. The summed E-state index contributed by atoms with van der Waals surface area (Å²) in [7, 11) is 0. The van der Waals surface area contributed by atoms with Gasteiger partial charge < -0.3 is 14.5 Å². The zero-order valence-electron chi connectivity index (χ0n) is 11.6. The lowest BCUT2D eigenvalue weighted by molar-refractivity contribution is -0.00745. The van der Waals surface area contributed by atoms with Crippen molar-refractivity contribution in [2.45, 2.75) is 33.1 Å². The van der Waals surface area contributed by atoms with Crippen molar-refractivity contribution in [3.8, 4) is 0 Å². The topological polar surface area (TPSA) is 34.4 Å². The van der Waals surface area contributed by atoms with E-state index in [1.165, 1.54) is 18.4 Å². The van der Waals surface area contributed by atoms with E-state index in [9.17, 15) is 0 Å². The fourth-order valence-corrected chi connectivity index (χ4v) is 2.70. The first-order valence-electron chi connectivity index (χ1n) is 7.00. The smallest absolute Gasteiger partial charge is 0.0934 e. The van der Waals surface area contributed by atoms with Crippen LogP contribution in [0.15, 0.2) is 23.0 Å². The van der Waals surface area contributed by atoms with Crippen LogP contribution < -0.4 is 5.32 Å². The molecule has 0 saturated carbocycles. The maximum atomic E-state index is 5.72. The summed E-state index contributed by atoms with van der Waals surface area (Å²) in [5.74, 6) is 0.695. The Bertz CT molecular complexity index is 326. The molecule has 3 nitrogen and oxygen atoms in total. The van der Waals surface area contributed by atoms with Crippen LogP contribution in [0.25, 0.3) is 0 Å². The Morgan fingerprint density at radius 2 is 2.33 bits per heavy atom. The van der Waals surface area contributed by atoms with Gasteiger partial charge in [0.15, 0.2) is 0 Å². The van der Waals surface area contributed by atoms with Crippen LogP contribution >= 0.6 is 0 Å². The average molecular weight is 251 g/mol. The molecule has 0 aliphatic carbocycles. The first kappa shape index (κ1) is 13.6. The zero-order chi connectivity index (χ0) is 12.8. The van der Waals surface area contributed by atoms with Gasteiger partial charge in [0.1, 0.15) is 0 Å². The van der Waals surface area contributed by atoms with Crippen LogP contribution in [0.4, 0.5) is 0 Å². The molecule has 102 valence electrons. The number of nitrogens with one attached hydrogen (secondary N) is 1. The Balaban J connectivity index is 1.94. The van der Waals surface area contributed by atoms with Crippen LogP contribution in [0.1, 0.15) is 32.3 Å². The monoisotopic (exact) mass is 251 g/mol. The SMILES string of the molecule is CC(C)CNCC1(Cc2ccoc2)CCCOC1. The highest BCUT2D eigenvalue weighted by Crippen LogP contribution is 2.32. The van der Waals surface area contributed by atoms with E-state index >= 15 is 0 Å². The van der Waals surface area contributed by atoms with Crippen molar-refractivity contribution in [2.24, 2.45) is 11.3 Å². The minimum absolute atomic E-state index is 0.247. The Labute approximate surface area is 110 Å². The summed E-state index contributed by atoms with van der Waals surface area (Å²) in [6.45, 7) is 8.38. The molecule has 1 aromatic rings. The molecule has 2 heterocycles. The van der Waals surface area contributed by atoms with E-state index in [4.69, 9.17) is 9.15 Å². The van der Waals surface area contributed by atoms with Crippen molar-refractivity contribution < 1.29 is 9.15 Å². The summed E-state index contributed by atoms with van der Waals surface area (Å²) in [5.41, 5.74) is 1.53. The average Bonchev–Trinajstić information content (AvgIpc) is 2.82. The third kappa shape index (κ3) is 3.85. The highest BCUT2D eigenvalue weighted by atomic mass is 16.5. The number of hydrogen-bond acceptors (Lipinski definition) is 3. The van der Waals surface area contributed by atoms with Gasteiger partial charge in [-0.05, 0) is 43.4 Å². The van der Waals surface area contributed by atoms with E-state index in [2.05, 4.69) is 25.2 Å². The quantitative estimate of drug-likeness (QED) is 0.844. The van der Waals surface area contributed by atoms with E-state index in [0.717, 1.165) is 32.7 Å². The molecule has 1 atom stereocenters. The van der Waals surface area contributed by atoms with E-state index in [0.29, 0.717) is 5.92 Å². The molecule has 0 aromatic carbocycles. The fraction of sp³-hybridized carbons (Fsp3) is 0.733. The van der Waals surface area contributed by atoms with Gasteiger partial charge in [0.2, 0.25) is 0 Å². The Hall–Kier alpha value is -0.800. The molecule has 1 aliphatic heterocycles. The van der Waals surface area contributed by atoms with Crippen molar-refractivity contribution in [1.29, 1.82) is 0 Å². The van der Waals surface area contributed by atoms with Gasteiger partial charge in [-0.1, -0.05) is 13.8 Å². The molecular formula is C15H25NO2. The Kier molecular flexibility index (Phi) is 4.84. The molecular weight excluding hydrogens is 226 g/mol. The first-order valence-corrected chi connectivity index (χ1v) is 7.00. The van der Waals surface area contributed by atoms with Crippen LogP contribution in [-0.4, -0.2) is 26.3 Å². The molecule has 0 bridgehead atoms. The van der Waals surface area contributed by atoms with Crippen LogP contribution in [-0.2, 0) is 11.2 Å². The molecule has 18 heavy (non-hydrogen) atoms. The molecule has 0 amide bonds. The van der Waals surface area contributed by atoms with Gasteiger partial charge >= 0.3 is 0 Å². The highest BCUT2D eigenvalue weighted by molar-refractivity contribution is 5.09. The second kappa shape index (κ2) is 6.39. The van der Waals surface area contributed by atoms with Crippen molar-refractivity contribution >= 4 is 0 Å². The van der Waals surface area contributed by atoms with Crippen LogP contribution in [0.3, 0.4) is 0 Å². The van der Waals surface area contributed by atoms with Crippen LogP contribution in [0.5, 0.6) is 0 Å². The standard InChI is InChI=1S/C15H25NO2/c1-13(2)9-16-11-15(5-3-6-18-12-15)8-14-4-7-17-10-14/h4,7,10,13,16H,3,5-6,8-9,11-12H2,1-2H3. The molecule has 3 heteroatoms. The maximum absolute atomic E-state index is 5.72. The van der Waals surface area contributed by atoms with Gasteiger partial charge in [0.25, 0.3) is 0 Å². The van der Waals surface area contributed by atoms with Crippen LogP contribution in [0, 0.1) is 11.3 Å². The summed E-state index contributed by atoms with van der Waals surface area (Å²) in [6.07, 6.45) is 7.08. The normalized spacial score (nSPS) is 24.6. The van der Waals surface area contributed by atoms with Crippen molar-refractivity contribution in [2.75, 3.05) is 26.3 Å². The molecule has 1 aliphatic rings. The first-order chi connectivity index (χ1) is 8.70. The largest absolute Gasteiger partial charge is 0.472 e. The Morgan fingerprint density at radius 1 is 1.44 bits per heavy atom.